The summed E-state index contributed by atoms with van der Waals surface area (Å²) in [5.74, 6) is -1.75. The number of likely N-dealkylation sites (tertiary alicyclic amines) is 1. The fourth-order valence-electron chi connectivity index (χ4n) is 4.48. The fourth-order valence-corrected chi connectivity index (χ4v) is 4.48. The van der Waals surface area contributed by atoms with Crippen molar-refractivity contribution in [3.63, 3.8) is 0 Å². The third kappa shape index (κ3) is 8.86. The molecule has 3 unspecified atom stereocenters. The Morgan fingerprint density at radius 3 is 2.32 bits per heavy atom. The summed E-state index contributed by atoms with van der Waals surface area (Å²) in [6, 6.07) is 16.8. The molecule has 11 heteroatoms. The van der Waals surface area contributed by atoms with E-state index in [0.717, 1.165) is 11.1 Å². The van der Waals surface area contributed by atoms with Gasteiger partial charge in [0.2, 0.25) is 11.8 Å². The van der Waals surface area contributed by atoms with Gasteiger partial charge in [0.05, 0.1) is 5.94 Å². The lowest BCUT2D eigenvalue weighted by molar-refractivity contribution is -0.140. The zero-order chi connectivity index (χ0) is 27.3. The molecule has 3 atom stereocenters. The van der Waals surface area contributed by atoms with E-state index in [9.17, 15) is 24.4 Å². The van der Waals surface area contributed by atoms with Gasteiger partial charge < -0.3 is 35.1 Å². The van der Waals surface area contributed by atoms with Gasteiger partial charge in [-0.05, 0) is 36.8 Å². The average molecular weight is 525 g/mol. The highest BCUT2D eigenvalue weighted by atomic mass is 16.5. The number of nitrogens with one attached hydrogen (secondary N) is 2. The third-order valence-electron chi connectivity index (χ3n) is 6.48. The van der Waals surface area contributed by atoms with Crippen LogP contribution < -0.4 is 10.6 Å². The zero-order valence-corrected chi connectivity index (χ0v) is 21.6. The lowest BCUT2D eigenvalue weighted by Gasteiger charge is -2.30. The summed E-state index contributed by atoms with van der Waals surface area (Å²) in [7, 11) is -0.198. The predicted octanol–water partition coefficient (Wildman–Crippen LogP) is 1.44. The summed E-state index contributed by atoms with van der Waals surface area (Å²) in [5, 5.41) is 24.8. The van der Waals surface area contributed by atoms with Crippen LogP contribution in [0.25, 0.3) is 0 Å². The molecule has 3 rings (SSSR count). The Morgan fingerprint density at radius 1 is 1.03 bits per heavy atom. The molecule has 0 aliphatic carbocycles. The first-order valence-electron chi connectivity index (χ1n) is 12.9. The van der Waals surface area contributed by atoms with Crippen molar-refractivity contribution in [2.75, 3.05) is 20.3 Å². The number of methoxy groups -OCH3 is 1. The van der Waals surface area contributed by atoms with Crippen LogP contribution in [0.4, 0.5) is 4.79 Å². The van der Waals surface area contributed by atoms with E-state index in [4.69, 9.17) is 9.47 Å². The maximum Gasteiger partial charge on any atom is 0.475 e. The quantitative estimate of drug-likeness (QED) is 0.229. The van der Waals surface area contributed by atoms with Gasteiger partial charge >= 0.3 is 13.2 Å². The van der Waals surface area contributed by atoms with E-state index >= 15 is 0 Å². The van der Waals surface area contributed by atoms with E-state index in [2.05, 4.69) is 10.6 Å². The molecule has 0 radical (unpaired) electrons. The minimum absolute atomic E-state index is 0.0572. The van der Waals surface area contributed by atoms with E-state index in [1.807, 2.05) is 60.7 Å². The fraction of sp³-hybridized carbons (Fsp3) is 0.444. The van der Waals surface area contributed by atoms with Gasteiger partial charge in [-0.2, -0.15) is 0 Å². The number of nitrogens with zero attached hydrogens (tertiary/aromatic N) is 1. The number of hydrogen-bond donors (Lipinski definition) is 4. The van der Waals surface area contributed by atoms with Crippen LogP contribution in [0, 0.1) is 0 Å². The van der Waals surface area contributed by atoms with Gasteiger partial charge in [-0.25, -0.2) is 4.79 Å². The molecule has 2 aromatic rings. The van der Waals surface area contributed by atoms with Crippen molar-refractivity contribution in [2.24, 2.45) is 0 Å². The number of alkyl carbamates (subject to hydrolysis) is 1. The molecule has 0 spiro atoms. The van der Waals surface area contributed by atoms with E-state index in [1.165, 1.54) is 4.90 Å². The summed E-state index contributed by atoms with van der Waals surface area (Å²) >= 11 is 0. The topological polar surface area (TPSA) is 137 Å². The van der Waals surface area contributed by atoms with Crippen LogP contribution in [0.3, 0.4) is 0 Å². The second-order valence-corrected chi connectivity index (χ2v) is 9.30. The molecule has 10 nitrogen and oxygen atoms in total. The summed E-state index contributed by atoms with van der Waals surface area (Å²) in [6.07, 6.45) is 1.37. The predicted molar refractivity (Wildman–Crippen MR) is 142 cm³/mol. The Labute approximate surface area is 223 Å². The van der Waals surface area contributed by atoms with Crippen molar-refractivity contribution < 1.29 is 33.9 Å². The third-order valence-corrected chi connectivity index (χ3v) is 6.48. The van der Waals surface area contributed by atoms with Gasteiger partial charge in [0, 0.05) is 26.7 Å². The maximum absolute atomic E-state index is 13.7. The standard InChI is InChI=1S/C27H36BN3O7/c1-37-17-9-15-24(28(35)36)30-25(32)23-14-8-16-31(23)26(33)22(18-20-10-4-2-5-11-20)29-27(34)38-19-21-12-6-3-7-13-21/h2-7,10-13,22-24,35-36H,8-9,14-19H2,1H3,(H,29,34)(H,30,32). The number of rotatable bonds is 13. The van der Waals surface area contributed by atoms with Crippen LogP contribution in [-0.2, 0) is 32.1 Å². The molecule has 1 heterocycles. The van der Waals surface area contributed by atoms with Crippen LogP contribution in [0.2, 0.25) is 0 Å². The van der Waals surface area contributed by atoms with E-state index in [0.29, 0.717) is 38.8 Å². The molecule has 0 aromatic heterocycles. The number of amides is 3. The van der Waals surface area contributed by atoms with Gasteiger partial charge in [0.15, 0.2) is 0 Å². The average Bonchev–Trinajstić information content (AvgIpc) is 3.42. The smallest absolute Gasteiger partial charge is 0.445 e. The molecular weight excluding hydrogens is 489 g/mol. The van der Waals surface area contributed by atoms with Crippen LogP contribution in [0.1, 0.15) is 36.8 Å². The van der Waals surface area contributed by atoms with Crippen molar-refractivity contribution in [3.05, 3.63) is 71.8 Å². The Bertz CT molecular complexity index is 1030. The maximum atomic E-state index is 13.7. The highest BCUT2D eigenvalue weighted by Gasteiger charge is 2.39. The van der Waals surface area contributed by atoms with Crippen LogP contribution in [0.15, 0.2) is 60.7 Å². The molecule has 1 aliphatic rings. The minimum atomic E-state index is -1.74. The zero-order valence-electron chi connectivity index (χ0n) is 21.6. The van der Waals surface area contributed by atoms with Crippen molar-refractivity contribution in [1.82, 2.24) is 15.5 Å². The largest absolute Gasteiger partial charge is 0.475 e. The second-order valence-electron chi connectivity index (χ2n) is 9.30. The Morgan fingerprint density at radius 2 is 1.68 bits per heavy atom. The summed E-state index contributed by atoms with van der Waals surface area (Å²) in [5.41, 5.74) is 1.66. The van der Waals surface area contributed by atoms with Crippen LogP contribution in [0.5, 0.6) is 0 Å². The Kier molecular flexibility index (Phi) is 11.6. The summed E-state index contributed by atoms with van der Waals surface area (Å²) in [6.45, 7) is 0.820. The highest BCUT2D eigenvalue weighted by Crippen LogP contribution is 2.20. The molecule has 2 aromatic carbocycles. The SMILES string of the molecule is COCCCC(NC(=O)C1CCCN1C(=O)C(Cc1ccccc1)NC(=O)OCc1ccccc1)B(O)O. The lowest BCUT2D eigenvalue weighted by atomic mass is 9.76. The molecule has 3 amide bonds. The van der Waals surface area contributed by atoms with Crippen molar-refractivity contribution in [3.8, 4) is 0 Å². The second kappa shape index (κ2) is 15.1. The first kappa shape index (κ1) is 29.2. The number of ether oxygens (including phenoxy) is 2. The first-order chi connectivity index (χ1) is 18.4. The van der Waals surface area contributed by atoms with Crippen molar-refractivity contribution >= 4 is 25.0 Å². The molecule has 0 bridgehead atoms. The number of benzene rings is 2. The minimum Gasteiger partial charge on any atom is -0.445 e. The van der Waals surface area contributed by atoms with E-state index in [-0.39, 0.29) is 13.0 Å². The summed E-state index contributed by atoms with van der Waals surface area (Å²) < 4.78 is 10.3. The normalized spacial score (nSPS) is 16.4. The molecule has 204 valence electrons. The van der Waals surface area contributed by atoms with Gasteiger partial charge in [0.25, 0.3) is 0 Å². The monoisotopic (exact) mass is 525 g/mol. The van der Waals surface area contributed by atoms with E-state index in [1.54, 1.807) is 7.11 Å². The van der Waals surface area contributed by atoms with Crippen molar-refractivity contribution in [1.29, 1.82) is 0 Å². The molecule has 1 aliphatic heterocycles. The van der Waals surface area contributed by atoms with Gasteiger partial charge in [-0.15, -0.1) is 0 Å². The highest BCUT2D eigenvalue weighted by molar-refractivity contribution is 6.43. The van der Waals surface area contributed by atoms with Crippen LogP contribution in [-0.4, -0.2) is 78.3 Å². The Hall–Kier alpha value is -3.41. The number of carbonyl (C=O) groups is 3. The Balaban J connectivity index is 1.69. The number of hydrogen-bond acceptors (Lipinski definition) is 7. The molecule has 0 saturated carbocycles. The number of carbonyl (C=O) groups excluding carboxylic acids is 3. The molecular formula is C27H36BN3O7. The first-order valence-corrected chi connectivity index (χ1v) is 12.9. The van der Waals surface area contributed by atoms with Gasteiger partial charge in [-0.1, -0.05) is 60.7 Å². The molecule has 1 fully saturated rings. The molecule has 38 heavy (non-hydrogen) atoms. The van der Waals surface area contributed by atoms with Gasteiger partial charge in [-0.3, -0.25) is 9.59 Å². The lowest BCUT2D eigenvalue weighted by Crippen LogP contribution is -2.56. The van der Waals surface area contributed by atoms with Crippen LogP contribution >= 0.6 is 0 Å². The molecule has 4 N–H and O–H groups in total. The van der Waals surface area contributed by atoms with E-state index < -0.39 is 43.1 Å². The van der Waals surface area contributed by atoms with Crippen molar-refractivity contribution in [2.45, 2.75) is 56.7 Å². The van der Waals surface area contributed by atoms with Gasteiger partial charge in [0.1, 0.15) is 18.7 Å². The molecule has 1 saturated heterocycles. The summed E-state index contributed by atoms with van der Waals surface area (Å²) in [4.78, 5) is 40.9.